The summed E-state index contributed by atoms with van der Waals surface area (Å²) >= 11 is 0. The highest BCUT2D eigenvalue weighted by Crippen LogP contribution is 2.19. The van der Waals surface area contributed by atoms with Crippen molar-refractivity contribution >= 4 is 6.47 Å². The first-order valence-corrected chi connectivity index (χ1v) is 9.72. The lowest BCUT2D eigenvalue weighted by atomic mass is 10.0. The molecule has 0 spiro atoms. The van der Waals surface area contributed by atoms with Crippen molar-refractivity contribution in [3.8, 4) is 17.1 Å². The zero-order valence-corrected chi connectivity index (χ0v) is 16.0. The van der Waals surface area contributed by atoms with Gasteiger partial charge in [0.1, 0.15) is 0 Å². The molecular formula is C22H30N2O2. The van der Waals surface area contributed by atoms with E-state index in [-0.39, 0.29) is 5.88 Å². The summed E-state index contributed by atoms with van der Waals surface area (Å²) in [5.41, 5.74) is 3.16. The minimum absolute atomic E-state index is 0.213. The Labute approximate surface area is 157 Å². The van der Waals surface area contributed by atoms with Crippen molar-refractivity contribution in [2.24, 2.45) is 5.92 Å². The summed E-state index contributed by atoms with van der Waals surface area (Å²) in [6.07, 6.45) is 10.5. The van der Waals surface area contributed by atoms with Crippen LogP contribution in [0.15, 0.2) is 36.4 Å². The van der Waals surface area contributed by atoms with Crippen LogP contribution in [-0.4, -0.2) is 16.7 Å². The van der Waals surface area contributed by atoms with Crippen LogP contribution in [0, 0.1) is 5.92 Å². The van der Waals surface area contributed by atoms with Crippen molar-refractivity contribution in [1.82, 2.24) is 10.2 Å². The number of carbonyl (C=O) groups excluding carboxylic acids is 1. The summed E-state index contributed by atoms with van der Waals surface area (Å²) in [6, 6.07) is 11.9. The number of unbranched alkanes of at least 4 members (excludes halogenated alkanes) is 5. The van der Waals surface area contributed by atoms with Gasteiger partial charge in [-0.2, -0.15) is 0 Å². The summed E-state index contributed by atoms with van der Waals surface area (Å²) in [5.74, 6) is 1.05. The van der Waals surface area contributed by atoms with Crippen LogP contribution in [0.4, 0.5) is 0 Å². The molecule has 0 fully saturated rings. The highest BCUT2D eigenvalue weighted by atomic mass is 16.5. The third kappa shape index (κ3) is 7.34. The van der Waals surface area contributed by atoms with Crippen LogP contribution in [0.5, 0.6) is 5.88 Å². The predicted molar refractivity (Wildman–Crippen MR) is 105 cm³/mol. The Hall–Kier alpha value is -2.23. The SMILES string of the molecule is CC(C)CCCCCCCCc1ccc(-c2ccc(OC=O)nn2)cc1. The van der Waals surface area contributed by atoms with Crippen molar-refractivity contribution in [3.63, 3.8) is 0 Å². The molecule has 2 aromatic rings. The fourth-order valence-corrected chi connectivity index (χ4v) is 3.02. The number of benzene rings is 1. The van der Waals surface area contributed by atoms with E-state index in [1.54, 1.807) is 12.1 Å². The van der Waals surface area contributed by atoms with Gasteiger partial charge in [-0.1, -0.05) is 76.6 Å². The monoisotopic (exact) mass is 354 g/mol. The number of nitrogens with zero attached hydrogens (tertiary/aromatic N) is 2. The summed E-state index contributed by atoms with van der Waals surface area (Å²) < 4.78 is 4.66. The standard InChI is InChI=1S/C22H30N2O2/c1-18(2)9-7-5-3-4-6-8-10-19-11-13-20(14-12-19)21-15-16-22(24-23-21)26-17-25/h11-18H,3-10H2,1-2H3. The minimum Gasteiger partial charge on any atom is -0.408 e. The van der Waals surface area contributed by atoms with Crippen molar-refractivity contribution < 1.29 is 9.53 Å². The quantitative estimate of drug-likeness (QED) is 0.367. The Balaban J connectivity index is 1.68. The molecule has 26 heavy (non-hydrogen) atoms. The average molecular weight is 354 g/mol. The molecule has 2 rings (SSSR count). The highest BCUT2D eigenvalue weighted by molar-refractivity contribution is 5.59. The lowest BCUT2D eigenvalue weighted by Gasteiger charge is -2.06. The molecule has 4 nitrogen and oxygen atoms in total. The number of carbonyl (C=O) groups is 1. The normalized spacial score (nSPS) is 10.9. The second-order valence-corrected chi connectivity index (χ2v) is 7.22. The van der Waals surface area contributed by atoms with Gasteiger partial charge in [0.15, 0.2) is 0 Å². The Bertz CT molecular complexity index is 636. The van der Waals surface area contributed by atoms with E-state index in [0.717, 1.165) is 23.6 Å². The van der Waals surface area contributed by atoms with Crippen LogP contribution in [-0.2, 0) is 11.2 Å². The Morgan fingerprint density at radius 1 is 0.885 bits per heavy atom. The molecule has 4 heteroatoms. The van der Waals surface area contributed by atoms with Crippen molar-refractivity contribution in [2.45, 2.75) is 65.2 Å². The largest absolute Gasteiger partial charge is 0.408 e. The molecule has 1 aromatic carbocycles. The maximum absolute atomic E-state index is 10.3. The number of aryl methyl sites for hydroxylation is 1. The number of hydrogen-bond acceptors (Lipinski definition) is 4. The highest BCUT2D eigenvalue weighted by Gasteiger charge is 2.02. The lowest BCUT2D eigenvalue weighted by Crippen LogP contribution is -1.95. The van der Waals surface area contributed by atoms with Gasteiger partial charge < -0.3 is 4.74 Å². The van der Waals surface area contributed by atoms with E-state index in [2.05, 4.69) is 53.0 Å². The van der Waals surface area contributed by atoms with E-state index in [1.807, 2.05) is 0 Å². The zero-order chi connectivity index (χ0) is 18.6. The molecule has 0 N–H and O–H groups in total. The van der Waals surface area contributed by atoms with Gasteiger partial charge in [0.25, 0.3) is 6.47 Å². The van der Waals surface area contributed by atoms with Gasteiger partial charge >= 0.3 is 0 Å². The predicted octanol–water partition coefficient (Wildman–Crippen LogP) is 5.61. The summed E-state index contributed by atoms with van der Waals surface area (Å²) in [4.78, 5) is 10.3. The molecule has 0 saturated carbocycles. The molecule has 0 atom stereocenters. The van der Waals surface area contributed by atoms with Gasteiger partial charge in [-0.25, -0.2) is 0 Å². The van der Waals surface area contributed by atoms with Crippen molar-refractivity contribution in [3.05, 3.63) is 42.0 Å². The number of rotatable bonds is 12. The Kier molecular flexibility index (Phi) is 8.81. The molecule has 0 unspecified atom stereocenters. The van der Waals surface area contributed by atoms with Crippen LogP contribution in [0.25, 0.3) is 11.3 Å². The second-order valence-electron chi connectivity index (χ2n) is 7.22. The van der Waals surface area contributed by atoms with E-state index < -0.39 is 0 Å². The topological polar surface area (TPSA) is 52.1 Å². The Morgan fingerprint density at radius 2 is 1.58 bits per heavy atom. The summed E-state index contributed by atoms with van der Waals surface area (Å²) in [6.45, 7) is 4.95. The molecule has 0 aliphatic heterocycles. The van der Waals surface area contributed by atoms with Gasteiger partial charge in [-0.3, -0.25) is 4.79 Å². The number of hydrogen-bond donors (Lipinski definition) is 0. The van der Waals surface area contributed by atoms with Crippen LogP contribution in [0.3, 0.4) is 0 Å². The van der Waals surface area contributed by atoms with E-state index in [0.29, 0.717) is 6.47 Å². The summed E-state index contributed by atoms with van der Waals surface area (Å²) in [5, 5.41) is 7.95. The molecule has 0 bridgehead atoms. The first-order valence-electron chi connectivity index (χ1n) is 9.72. The smallest absolute Gasteiger partial charge is 0.299 e. The van der Waals surface area contributed by atoms with E-state index in [1.165, 1.54) is 50.5 Å². The van der Waals surface area contributed by atoms with Crippen LogP contribution < -0.4 is 4.74 Å². The third-order valence-electron chi connectivity index (χ3n) is 4.56. The van der Waals surface area contributed by atoms with Gasteiger partial charge in [0, 0.05) is 11.6 Å². The van der Waals surface area contributed by atoms with E-state index in [4.69, 9.17) is 0 Å². The number of ether oxygens (including phenoxy) is 1. The fraction of sp³-hybridized carbons (Fsp3) is 0.500. The van der Waals surface area contributed by atoms with Crippen LogP contribution >= 0.6 is 0 Å². The zero-order valence-electron chi connectivity index (χ0n) is 16.0. The third-order valence-corrected chi connectivity index (χ3v) is 4.56. The number of aromatic nitrogens is 2. The maximum Gasteiger partial charge on any atom is 0.299 e. The van der Waals surface area contributed by atoms with Crippen LogP contribution in [0.2, 0.25) is 0 Å². The van der Waals surface area contributed by atoms with Gasteiger partial charge in [0.05, 0.1) is 5.69 Å². The van der Waals surface area contributed by atoms with E-state index in [9.17, 15) is 4.79 Å². The average Bonchev–Trinajstić information content (AvgIpc) is 2.65. The molecule has 0 aliphatic carbocycles. The van der Waals surface area contributed by atoms with Gasteiger partial charge in [0.2, 0.25) is 5.88 Å². The van der Waals surface area contributed by atoms with Crippen molar-refractivity contribution in [2.75, 3.05) is 0 Å². The minimum atomic E-state index is 0.213. The van der Waals surface area contributed by atoms with Crippen LogP contribution in [0.1, 0.15) is 64.4 Å². The first kappa shape index (κ1) is 20.1. The molecule has 1 heterocycles. The van der Waals surface area contributed by atoms with Gasteiger partial charge in [-0.15, -0.1) is 10.2 Å². The molecule has 140 valence electrons. The molecule has 1 aromatic heterocycles. The molecule has 0 saturated heterocycles. The first-order chi connectivity index (χ1) is 12.7. The molecule has 0 radical (unpaired) electrons. The maximum atomic E-state index is 10.3. The molecule has 0 aliphatic rings. The van der Waals surface area contributed by atoms with Crippen molar-refractivity contribution in [1.29, 1.82) is 0 Å². The summed E-state index contributed by atoms with van der Waals surface area (Å²) in [7, 11) is 0. The Morgan fingerprint density at radius 3 is 2.19 bits per heavy atom. The van der Waals surface area contributed by atoms with E-state index >= 15 is 0 Å². The fourth-order valence-electron chi connectivity index (χ4n) is 3.02. The lowest BCUT2D eigenvalue weighted by molar-refractivity contribution is -0.121. The molecular weight excluding hydrogens is 324 g/mol. The van der Waals surface area contributed by atoms with Gasteiger partial charge in [-0.05, 0) is 30.4 Å². The second kappa shape index (κ2) is 11.4. The molecule has 0 amide bonds.